The Morgan fingerprint density at radius 1 is 1.33 bits per heavy atom. The summed E-state index contributed by atoms with van der Waals surface area (Å²) in [7, 11) is 0. The second kappa shape index (κ2) is 4.59. The third-order valence-electron chi connectivity index (χ3n) is 2.91. The summed E-state index contributed by atoms with van der Waals surface area (Å²) in [6, 6.07) is 5.90. The lowest BCUT2D eigenvalue weighted by Gasteiger charge is -2.09. The van der Waals surface area contributed by atoms with Crippen LogP contribution in [0.25, 0.3) is 20.7 Å². The molecule has 0 radical (unpaired) electrons. The van der Waals surface area contributed by atoms with Crippen LogP contribution in [0.2, 0.25) is 0 Å². The molecule has 0 aromatic carbocycles. The zero-order valence-electron chi connectivity index (χ0n) is 10.4. The molecule has 0 unspecified atom stereocenters. The summed E-state index contributed by atoms with van der Waals surface area (Å²) >= 11 is 1.14. The molecule has 0 saturated carbocycles. The molecule has 3 rings (SSSR count). The summed E-state index contributed by atoms with van der Waals surface area (Å²) in [6.45, 7) is 0. The zero-order valence-corrected chi connectivity index (χ0v) is 11.2. The Labute approximate surface area is 120 Å². The molecule has 0 saturated heterocycles. The molecule has 4 nitrogen and oxygen atoms in total. The Hall–Kier alpha value is -2.35. The number of nitrogens with two attached hydrogens (primary N) is 1. The van der Waals surface area contributed by atoms with E-state index in [1.807, 2.05) is 0 Å². The lowest BCUT2D eigenvalue weighted by Crippen LogP contribution is -2.10. The van der Waals surface area contributed by atoms with Gasteiger partial charge < -0.3 is 10.7 Å². The number of hydrogen-bond donors (Lipinski definition) is 2. The van der Waals surface area contributed by atoms with Crippen LogP contribution in [-0.2, 0) is 6.18 Å². The number of fused-ring (bicyclic) bond motifs is 1. The van der Waals surface area contributed by atoms with E-state index in [4.69, 9.17) is 5.73 Å². The summed E-state index contributed by atoms with van der Waals surface area (Å²) in [5, 5.41) is 0. The number of aromatic amines is 1. The van der Waals surface area contributed by atoms with Crippen LogP contribution in [-0.4, -0.2) is 15.9 Å². The predicted molar refractivity (Wildman–Crippen MR) is 72.9 cm³/mol. The van der Waals surface area contributed by atoms with Crippen molar-refractivity contribution in [3.8, 4) is 10.4 Å². The Bertz CT molecular complexity index is 803. The van der Waals surface area contributed by atoms with Crippen LogP contribution in [0, 0.1) is 0 Å². The lowest BCUT2D eigenvalue weighted by atomic mass is 10.1. The Kier molecular flexibility index (Phi) is 2.98. The summed E-state index contributed by atoms with van der Waals surface area (Å²) in [4.78, 5) is 17.7. The fraction of sp³-hybridized carbons (Fsp3) is 0.0769. The first kappa shape index (κ1) is 13.6. The molecule has 0 aliphatic heterocycles. The van der Waals surface area contributed by atoms with Gasteiger partial charge in [-0.2, -0.15) is 13.2 Å². The standard InChI is InChI=1S/C13H8F3N3OS/c14-13(15,16)11-6(2-1-3-18-11)9-4-7-10(21-9)5-8(19-7)12(17)20/h1-5,19H,(H2,17,20). The van der Waals surface area contributed by atoms with Gasteiger partial charge in [-0.25, -0.2) is 0 Å². The first-order chi connectivity index (χ1) is 9.86. The maximum absolute atomic E-state index is 13.0. The summed E-state index contributed by atoms with van der Waals surface area (Å²) in [5.74, 6) is -0.614. The van der Waals surface area contributed by atoms with Gasteiger partial charge in [-0.3, -0.25) is 9.78 Å². The molecule has 0 aliphatic carbocycles. The largest absolute Gasteiger partial charge is 0.433 e. The van der Waals surface area contributed by atoms with Crippen LogP contribution in [0.15, 0.2) is 30.5 Å². The molecule has 0 fully saturated rings. The quantitative estimate of drug-likeness (QED) is 0.761. The predicted octanol–water partition coefficient (Wildman–Crippen LogP) is 3.41. The molecule has 8 heteroatoms. The highest BCUT2D eigenvalue weighted by Gasteiger charge is 2.35. The van der Waals surface area contributed by atoms with Gasteiger partial charge in [0.15, 0.2) is 5.69 Å². The first-order valence-corrected chi connectivity index (χ1v) is 6.63. The van der Waals surface area contributed by atoms with Gasteiger partial charge in [0.2, 0.25) is 0 Å². The van der Waals surface area contributed by atoms with Crippen molar-refractivity contribution in [2.24, 2.45) is 5.73 Å². The number of carbonyl (C=O) groups excluding carboxylic acids is 1. The molecule has 3 aromatic heterocycles. The van der Waals surface area contributed by atoms with Crippen LogP contribution >= 0.6 is 11.3 Å². The molecule has 3 N–H and O–H groups in total. The van der Waals surface area contributed by atoms with Gasteiger partial charge in [0.1, 0.15) is 5.69 Å². The maximum Gasteiger partial charge on any atom is 0.433 e. The van der Waals surface area contributed by atoms with Crippen LogP contribution in [0.3, 0.4) is 0 Å². The second-order valence-corrected chi connectivity index (χ2v) is 5.42. The number of primary amides is 1. The Morgan fingerprint density at radius 2 is 2.10 bits per heavy atom. The number of alkyl halides is 3. The summed E-state index contributed by atoms with van der Waals surface area (Å²) < 4.78 is 39.5. The SMILES string of the molecule is NC(=O)c1cc2sc(-c3cccnc3C(F)(F)F)cc2[nH]1. The smallest absolute Gasteiger partial charge is 0.364 e. The number of nitrogens with zero attached hydrogens (tertiary/aromatic N) is 1. The number of rotatable bonds is 2. The van der Waals surface area contributed by atoms with Crippen molar-refractivity contribution in [3.05, 3.63) is 41.9 Å². The fourth-order valence-corrected chi connectivity index (χ4v) is 3.10. The normalized spacial score (nSPS) is 12.0. The monoisotopic (exact) mass is 311 g/mol. The van der Waals surface area contributed by atoms with E-state index >= 15 is 0 Å². The van der Waals surface area contributed by atoms with Gasteiger partial charge in [-0.1, -0.05) is 0 Å². The number of carbonyl (C=O) groups is 1. The van der Waals surface area contributed by atoms with Crippen molar-refractivity contribution < 1.29 is 18.0 Å². The first-order valence-electron chi connectivity index (χ1n) is 5.81. The van der Waals surface area contributed by atoms with Gasteiger partial charge >= 0.3 is 6.18 Å². The number of thiophene rings is 1. The van der Waals surface area contributed by atoms with Gasteiger partial charge in [0, 0.05) is 16.6 Å². The van der Waals surface area contributed by atoms with E-state index in [2.05, 4.69) is 9.97 Å². The lowest BCUT2D eigenvalue weighted by molar-refractivity contribution is -0.140. The number of nitrogens with one attached hydrogen (secondary N) is 1. The van der Waals surface area contributed by atoms with Crippen LogP contribution < -0.4 is 5.73 Å². The van der Waals surface area contributed by atoms with Crippen LogP contribution in [0.5, 0.6) is 0 Å². The summed E-state index contributed by atoms with van der Waals surface area (Å²) in [6.07, 6.45) is -3.41. The molecular weight excluding hydrogens is 303 g/mol. The number of pyridine rings is 1. The highest BCUT2D eigenvalue weighted by molar-refractivity contribution is 7.22. The van der Waals surface area contributed by atoms with Crippen molar-refractivity contribution in [3.63, 3.8) is 0 Å². The highest BCUT2D eigenvalue weighted by atomic mass is 32.1. The third kappa shape index (κ3) is 2.38. The minimum absolute atomic E-state index is 0.0141. The molecule has 0 spiro atoms. The number of amides is 1. The fourth-order valence-electron chi connectivity index (χ4n) is 2.02. The van der Waals surface area contributed by atoms with Crippen LogP contribution in [0.1, 0.15) is 16.2 Å². The molecular formula is C13H8F3N3OS. The molecule has 0 aliphatic rings. The van der Waals surface area contributed by atoms with Crippen molar-refractivity contribution in [1.29, 1.82) is 0 Å². The maximum atomic E-state index is 13.0. The van der Waals surface area contributed by atoms with E-state index < -0.39 is 17.8 Å². The van der Waals surface area contributed by atoms with E-state index in [0.29, 0.717) is 15.1 Å². The second-order valence-electron chi connectivity index (χ2n) is 4.33. The average molecular weight is 311 g/mol. The minimum atomic E-state index is -4.52. The highest BCUT2D eigenvalue weighted by Crippen LogP contribution is 2.40. The topological polar surface area (TPSA) is 71.8 Å². The number of hydrogen-bond acceptors (Lipinski definition) is 3. The Morgan fingerprint density at radius 3 is 2.71 bits per heavy atom. The van der Waals surface area contributed by atoms with Crippen molar-refractivity contribution in [2.45, 2.75) is 6.18 Å². The average Bonchev–Trinajstić information content (AvgIpc) is 2.95. The number of aromatic nitrogens is 2. The number of halogens is 3. The molecule has 0 atom stereocenters. The summed E-state index contributed by atoms with van der Waals surface area (Å²) in [5.41, 5.74) is 5.03. The van der Waals surface area contributed by atoms with Gasteiger partial charge in [0.25, 0.3) is 5.91 Å². The van der Waals surface area contributed by atoms with E-state index in [0.717, 1.165) is 17.5 Å². The third-order valence-corrected chi connectivity index (χ3v) is 4.03. The van der Waals surface area contributed by atoms with Crippen LogP contribution in [0.4, 0.5) is 13.2 Å². The molecule has 0 bridgehead atoms. The van der Waals surface area contributed by atoms with E-state index in [-0.39, 0.29) is 11.3 Å². The molecule has 108 valence electrons. The molecule has 3 heterocycles. The van der Waals surface area contributed by atoms with E-state index in [1.165, 1.54) is 18.2 Å². The Balaban J connectivity index is 2.13. The zero-order chi connectivity index (χ0) is 15.2. The van der Waals surface area contributed by atoms with Gasteiger partial charge in [-0.05, 0) is 24.3 Å². The van der Waals surface area contributed by atoms with Crippen molar-refractivity contribution >= 4 is 27.5 Å². The van der Waals surface area contributed by atoms with Gasteiger partial charge in [0.05, 0.1) is 10.2 Å². The van der Waals surface area contributed by atoms with Gasteiger partial charge in [-0.15, -0.1) is 11.3 Å². The minimum Gasteiger partial charge on any atom is -0.364 e. The van der Waals surface area contributed by atoms with E-state index in [1.54, 1.807) is 6.07 Å². The van der Waals surface area contributed by atoms with E-state index in [9.17, 15) is 18.0 Å². The van der Waals surface area contributed by atoms with Crippen molar-refractivity contribution in [1.82, 2.24) is 9.97 Å². The molecule has 21 heavy (non-hydrogen) atoms. The molecule has 1 amide bonds. The van der Waals surface area contributed by atoms with Crippen molar-refractivity contribution in [2.75, 3.05) is 0 Å². The number of H-pyrrole nitrogens is 1. The molecule has 3 aromatic rings.